The van der Waals surface area contributed by atoms with Crippen molar-refractivity contribution >= 4 is 23.1 Å². The van der Waals surface area contributed by atoms with Crippen molar-refractivity contribution < 1.29 is 0 Å². The van der Waals surface area contributed by atoms with Crippen LogP contribution in [-0.4, -0.2) is 31.2 Å². The number of nitrogens with zero attached hydrogens (tertiary/aromatic N) is 4. The smallest absolute Gasteiger partial charge is 0.142 e. The molecule has 0 spiro atoms. The van der Waals surface area contributed by atoms with Crippen LogP contribution in [0.1, 0.15) is 11.3 Å². The summed E-state index contributed by atoms with van der Waals surface area (Å²) in [5, 5.41) is 9.73. The van der Waals surface area contributed by atoms with Gasteiger partial charge in [0.25, 0.3) is 0 Å². The topological polar surface area (TPSA) is 43.2 Å². The largest absolute Gasteiger partial charge is 0.368 e. The highest BCUT2D eigenvalue weighted by Crippen LogP contribution is 2.26. The molecule has 2 heterocycles. The number of anilines is 2. The first-order valence-corrected chi connectivity index (χ1v) is 7.68. The summed E-state index contributed by atoms with van der Waals surface area (Å²) in [7, 11) is 0. The predicted octanol–water partition coefficient (Wildman–Crippen LogP) is 3.24. The van der Waals surface area contributed by atoms with E-state index in [0.717, 1.165) is 37.0 Å². The van der Waals surface area contributed by atoms with E-state index in [4.69, 9.17) is 16.9 Å². The van der Waals surface area contributed by atoms with Crippen molar-refractivity contribution in [1.82, 2.24) is 4.98 Å². The van der Waals surface area contributed by atoms with Crippen LogP contribution in [0.4, 0.5) is 11.5 Å². The second kappa shape index (κ2) is 6.25. The van der Waals surface area contributed by atoms with Gasteiger partial charge in [-0.25, -0.2) is 4.98 Å². The molecule has 0 N–H and O–H groups in total. The Morgan fingerprint density at radius 1 is 1.09 bits per heavy atom. The second-order valence-electron chi connectivity index (χ2n) is 5.40. The zero-order valence-corrected chi connectivity index (χ0v) is 13.2. The Balaban J connectivity index is 1.72. The van der Waals surface area contributed by atoms with E-state index in [1.54, 1.807) is 6.07 Å². The highest BCUT2D eigenvalue weighted by Gasteiger charge is 2.19. The molecule has 0 aliphatic carbocycles. The van der Waals surface area contributed by atoms with Crippen LogP contribution in [0.5, 0.6) is 0 Å². The lowest BCUT2D eigenvalue weighted by Crippen LogP contribution is -2.47. The van der Waals surface area contributed by atoms with Gasteiger partial charge < -0.3 is 9.80 Å². The fourth-order valence-electron chi connectivity index (χ4n) is 2.76. The molecule has 4 nitrogen and oxygen atoms in total. The number of hydrogen-bond acceptors (Lipinski definition) is 4. The summed E-state index contributed by atoms with van der Waals surface area (Å²) in [6, 6.07) is 13.7. The number of pyridine rings is 1. The number of rotatable bonds is 2. The fraction of sp³-hybridized carbons (Fsp3) is 0.294. The molecule has 0 radical (unpaired) electrons. The van der Waals surface area contributed by atoms with Gasteiger partial charge in [-0.05, 0) is 36.8 Å². The molecule has 1 saturated heterocycles. The Labute approximate surface area is 135 Å². The molecule has 2 aromatic rings. The van der Waals surface area contributed by atoms with Gasteiger partial charge in [0.1, 0.15) is 17.6 Å². The van der Waals surface area contributed by atoms with Crippen molar-refractivity contribution in [2.24, 2.45) is 0 Å². The highest BCUT2D eigenvalue weighted by atomic mass is 35.5. The van der Waals surface area contributed by atoms with Crippen molar-refractivity contribution in [3.8, 4) is 6.07 Å². The number of halogens is 1. The molecule has 3 rings (SSSR count). The molecule has 0 unspecified atom stereocenters. The molecular weight excluding hydrogens is 296 g/mol. The van der Waals surface area contributed by atoms with Crippen molar-refractivity contribution in [1.29, 1.82) is 5.26 Å². The van der Waals surface area contributed by atoms with Crippen molar-refractivity contribution in [3.05, 3.63) is 52.7 Å². The van der Waals surface area contributed by atoms with E-state index in [9.17, 15) is 0 Å². The molecule has 1 aliphatic heterocycles. The van der Waals surface area contributed by atoms with E-state index in [-0.39, 0.29) is 0 Å². The molecular formula is C17H17ClN4. The van der Waals surface area contributed by atoms with Gasteiger partial charge in [0, 0.05) is 36.9 Å². The Bertz CT molecular complexity index is 715. The minimum atomic E-state index is 0.464. The van der Waals surface area contributed by atoms with Crippen molar-refractivity contribution in [3.63, 3.8) is 0 Å². The Morgan fingerprint density at radius 3 is 2.55 bits per heavy atom. The van der Waals surface area contributed by atoms with Gasteiger partial charge >= 0.3 is 0 Å². The van der Waals surface area contributed by atoms with Crippen LogP contribution < -0.4 is 9.80 Å². The maximum atomic E-state index is 8.96. The van der Waals surface area contributed by atoms with Crippen LogP contribution in [-0.2, 0) is 0 Å². The maximum absolute atomic E-state index is 8.96. The SMILES string of the molecule is Cc1ccc(Cl)cc1N1CCN(c2cccc(C#N)n2)CC1. The minimum absolute atomic E-state index is 0.464. The van der Waals surface area contributed by atoms with Crippen LogP contribution in [0.3, 0.4) is 0 Å². The van der Waals surface area contributed by atoms with Gasteiger partial charge in [-0.1, -0.05) is 23.7 Å². The summed E-state index contributed by atoms with van der Waals surface area (Å²) >= 11 is 6.12. The van der Waals surface area contributed by atoms with Crippen LogP contribution in [0, 0.1) is 18.3 Å². The lowest BCUT2D eigenvalue weighted by molar-refractivity contribution is 0.646. The van der Waals surface area contributed by atoms with Crippen molar-refractivity contribution in [2.75, 3.05) is 36.0 Å². The third kappa shape index (κ3) is 3.00. The molecule has 1 fully saturated rings. The minimum Gasteiger partial charge on any atom is -0.368 e. The van der Waals surface area contributed by atoms with Gasteiger partial charge in [0.15, 0.2) is 0 Å². The van der Waals surface area contributed by atoms with E-state index in [0.29, 0.717) is 5.69 Å². The number of benzene rings is 1. The van der Waals surface area contributed by atoms with Crippen LogP contribution in [0.15, 0.2) is 36.4 Å². The zero-order valence-electron chi connectivity index (χ0n) is 12.5. The standard InChI is InChI=1S/C17H17ClN4/c1-13-5-6-14(18)11-16(13)21-7-9-22(10-8-21)17-4-2-3-15(12-19)20-17/h2-6,11H,7-10H2,1H3. The summed E-state index contributed by atoms with van der Waals surface area (Å²) < 4.78 is 0. The van der Waals surface area contributed by atoms with Gasteiger partial charge in [-0.3, -0.25) is 0 Å². The first-order valence-electron chi connectivity index (χ1n) is 7.30. The molecule has 0 bridgehead atoms. The van der Waals surface area contributed by atoms with E-state index < -0.39 is 0 Å². The molecule has 5 heteroatoms. The quantitative estimate of drug-likeness (QED) is 0.854. The average Bonchev–Trinajstić information content (AvgIpc) is 2.57. The zero-order chi connectivity index (χ0) is 15.5. The molecule has 0 amide bonds. The molecule has 1 aromatic carbocycles. The summed E-state index contributed by atoms with van der Waals surface area (Å²) in [4.78, 5) is 8.94. The van der Waals surface area contributed by atoms with E-state index >= 15 is 0 Å². The van der Waals surface area contributed by atoms with Crippen LogP contribution in [0.25, 0.3) is 0 Å². The third-order valence-electron chi connectivity index (χ3n) is 3.96. The summed E-state index contributed by atoms with van der Waals surface area (Å²) in [6.45, 7) is 5.71. The molecule has 0 atom stereocenters. The third-order valence-corrected chi connectivity index (χ3v) is 4.20. The first-order chi connectivity index (χ1) is 10.7. The summed E-state index contributed by atoms with van der Waals surface area (Å²) in [5.41, 5.74) is 2.90. The number of hydrogen-bond donors (Lipinski definition) is 0. The van der Waals surface area contributed by atoms with Gasteiger partial charge in [-0.15, -0.1) is 0 Å². The highest BCUT2D eigenvalue weighted by molar-refractivity contribution is 6.30. The van der Waals surface area contributed by atoms with E-state index in [1.165, 1.54) is 11.3 Å². The Morgan fingerprint density at radius 2 is 1.82 bits per heavy atom. The number of nitriles is 1. The maximum Gasteiger partial charge on any atom is 0.142 e. The second-order valence-corrected chi connectivity index (χ2v) is 5.83. The Kier molecular flexibility index (Phi) is 4.17. The van der Waals surface area contributed by atoms with Crippen LogP contribution in [0.2, 0.25) is 5.02 Å². The molecule has 0 saturated carbocycles. The average molecular weight is 313 g/mol. The van der Waals surface area contributed by atoms with E-state index in [2.05, 4.69) is 33.8 Å². The van der Waals surface area contributed by atoms with Gasteiger partial charge in [0.2, 0.25) is 0 Å². The monoisotopic (exact) mass is 312 g/mol. The normalized spacial score (nSPS) is 14.8. The molecule has 1 aromatic heterocycles. The number of aromatic nitrogens is 1. The first kappa shape index (κ1) is 14.7. The lowest BCUT2D eigenvalue weighted by Gasteiger charge is -2.37. The Hall–Kier alpha value is -2.25. The lowest BCUT2D eigenvalue weighted by atomic mass is 10.1. The molecule has 1 aliphatic rings. The summed E-state index contributed by atoms with van der Waals surface area (Å²) in [5.74, 6) is 0.876. The molecule has 112 valence electrons. The fourth-order valence-corrected chi connectivity index (χ4v) is 2.93. The van der Waals surface area contributed by atoms with Crippen LogP contribution >= 0.6 is 11.6 Å². The predicted molar refractivity (Wildman–Crippen MR) is 89.6 cm³/mol. The summed E-state index contributed by atoms with van der Waals surface area (Å²) in [6.07, 6.45) is 0. The number of piperazine rings is 1. The molecule has 22 heavy (non-hydrogen) atoms. The van der Waals surface area contributed by atoms with Gasteiger partial charge in [-0.2, -0.15) is 5.26 Å². The van der Waals surface area contributed by atoms with E-state index in [1.807, 2.05) is 24.3 Å². The van der Waals surface area contributed by atoms with Crippen molar-refractivity contribution in [2.45, 2.75) is 6.92 Å². The van der Waals surface area contributed by atoms with Gasteiger partial charge in [0.05, 0.1) is 0 Å². The number of aryl methyl sites for hydroxylation is 1.